The second-order valence-corrected chi connectivity index (χ2v) is 3.02. The summed E-state index contributed by atoms with van der Waals surface area (Å²) in [5.74, 6) is 0.0332. The third-order valence-corrected chi connectivity index (χ3v) is 1.79. The van der Waals surface area contributed by atoms with Gasteiger partial charge in [0.25, 0.3) is 0 Å². The average molecular weight is 259 g/mol. The van der Waals surface area contributed by atoms with Gasteiger partial charge in [0.15, 0.2) is 11.5 Å². The van der Waals surface area contributed by atoms with Crippen LogP contribution in [-0.4, -0.2) is 26.0 Å². The first-order valence-electron chi connectivity index (χ1n) is 4.74. The van der Waals surface area contributed by atoms with Crippen molar-refractivity contribution >= 4 is 12.2 Å². The molecule has 6 nitrogen and oxygen atoms in total. The van der Waals surface area contributed by atoms with Crippen LogP contribution in [0.5, 0.6) is 11.5 Å². The number of ether oxygens (including phenoxy) is 2. The Morgan fingerprint density at radius 3 is 2.78 bits per heavy atom. The molecule has 0 aromatic heterocycles. The van der Waals surface area contributed by atoms with Crippen molar-refractivity contribution in [1.29, 1.82) is 0 Å². The molecule has 0 aliphatic heterocycles. The van der Waals surface area contributed by atoms with Gasteiger partial charge in [-0.25, -0.2) is 10.2 Å². The summed E-state index contributed by atoms with van der Waals surface area (Å²) in [5, 5.41) is 3.48. The highest BCUT2D eigenvalue weighted by Crippen LogP contribution is 2.28. The van der Waals surface area contributed by atoms with E-state index in [-0.39, 0.29) is 11.5 Å². The summed E-state index contributed by atoms with van der Waals surface area (Å²) in [7, 11) is 1.33. The summed E-state index contributed by atoms with van der Waals surface area (Å²) in [4.78, 5) is 10.4. The van der Waals surface area contributed by atoms with Gasteiger partial charge in [-0.05, 0) is 23.8 Å². The first kappa shape index (κ1) is 13.7. The molecule has 0 bridgehead atoms. The van der Waals surface area contributed by atoms with E-state index in [0.717, 1.165) is 0 Å². The van der Waals surface area contributed by atoms with Crippen molar-refractivity contribution in [3.63, 3.8) is 0 Å². The zero-order valence-electron chi connectivity index (χ0n) is 9.39. The molecule has 18 heavy (non-hydrogen) atoms. The van der Waals surface area contributed by atoms with Crippen LogP contribution in [0, 0.1) is 0 Å². The second-order valence-electron chi connectivity index (χ2n) is 3.02. The Labute approximate surface area is 101 Å². The van der Waals surface area contributed by atoms with Gasteiger partial charge in [-0.15, -0.1) is 0 Å². The first-order valence-corrected chi connectivity index (χ1v) is 4.74. The zero-order chi connectivity index (χ0) is 13.5. The maximum Gasteiger partial charge on any atom is 0.387 e. The van der Waals surface area contributed by atoms with E-state index in [1.165, 1.54) is 25.5 Å². The molecule has 0 unspecified atom stereocenters. The Morgan fingerprint density at radius 2 is 2.22 bits per heavy atom. The minimum atomic E-state index is -2.96. The van der Waals surface area contributed by atoms with Gasteiger partial charge in [0.2, 0.25) is 0 Å². The van der Waals surface area contributed by atoms with Crippen molar-refractivity contribution in [2.45, 2.75) is 6.61 Å². The van der Waals surface area contributed by atoms with Crippen LogP contribution < -0.4 is 20.6 Å². The molecule has 0 saturated heterocycles. The van der Waals surface area contributed by atoms with Crippen molar-refractivity contribution in [3.05, 3.63) is 23.8 Å². The number of nitrogens with two attached hydrogens (primary N) is 1. The average Bonchev–Trinajstić information content (AvgIpc) is 2.28. The standard InChI is InChI=1S/C10H11F2N3O3/c1-17-7-3-2-6(5-14-15-10(13)16)4-8(7)18-9(11)12/h2-5,9H,1H3,(H3,13,15,16)/b14-5-. The van der Waals surface area contributed by atoms with Gasteiger partial charge in [0.1, 0.15) is 0 Å². The number of nitrogens with zero attached hydrogens (tertiary/aromatic N) is 1. The molecular weight excluding hydrogens is 248 g/mol. The van der Waals surface area contributed by atoms with E-state index in [1.54, 1.807) is 6.07 Å². The van der Waals surface area contributed by atoms with Crippen LogP contribution >= 0.6 is 0 Å². The van der Waals surface area contributed by atoms with E-state index in [4.69, 9.17) is 10.5 Å². The second kappa shape index (κ2) is 6.38. The number of carbonyl (C=O) groups is 1. The van der Waals surface area contributed by atoms with E-state index in [1.807, 2.05) is 5.43 Å². The number of alkyl halides is 2. The molecule has 1 aromatic rings. The Morgan fingerprint density at radius 1 is 1.50 bits per heavy atom. The molecule has 2 amide bonds. The number of hydrogen-bond acceptors (Lipinski definition) is 4. The highest BCUT2D eigenvalue weighted by molar-refractivity contribution is 5.82. The van der Waals surface area contributed by atoms with Gasteiger partial charge in [-0.3, -0.25) is 0 Å². The predicted octanol–water partition coefficient (Wildman–Crippen LogP) is 1.30. The largest absolute Gasteiger partial charge is 0.493 e. The highest BCUT2D eigenvalue weighted by atomic mass is 19.3. The molecule has 0 spiro atoms. The summed E-state index contributed by atoms with van der Waals surface area (Å²) >= 11 is 0. The smallest absolute Gasteiger partial charge is 0.387 e. The number of benzene rings is 1. The van der Waals surface area contributed by atoms with Gasteiger partial charge >= 0.3 is 12.6 Å². The van der Waals surface area contributed by atoms with Crippen LogP contribution in [0.25, 0.3) is 0 Å². The van der Waals surface area contributed by atoms with E-state index >= 15 is 0 Å². The van der Waals surface area contributed by atoms with Crippen LogP contribution in [0.3, 0.4) is 0 Å². The molecule has 0 saturated carbocycles. The molecule has 0 atom stereocenters. The predicted molar refractivity (Wildman–Crippen MR) is 59.9 cm³/mol. The van der Waals surface area contributed by atoms with Crippen LogP contribution in [0.1, 0.15) is 5.56 Å². The fourth-order valence-corrected chi connectivity index (χ4v) is 1.13. The molecule has 98 valence electrons. The number of halogens is 2. The molecule has 0 heterocycles. The lowest BCUT2D eigenvalue weighted by Crippen LogP contribution is -2.24. The Bertz CT molecular complexity index is 452. The number of rotatable bonds is 5. The lowest BCUT2D eigenvalue weighted by atomic mass is 10.2. The molecule has 8 heteroatoms. The lowest BCUT2D eigenvalue weighted by Gasteiger charge is -2.09. The third kappa shape index (κ3) is 4.24. The van der Waals surface area contributed by atoms with Crippen molar-refractivity contribution in [1.82, 2.24) is 5.43 Å². The van der Waals surface area contributed by atoms with E-state index < -0.39 is 12.6 Å². The normalized spacial score (nSPS) is 10.7. The molecular formula is C10H11F2N3O3. The van der Waals surface area contributed by atoms with Crippen molar-refractivity contribution < 1.29 is 23.0 Å². The van der Waals surface area contributed by atoms with Gasteiger partial charge < -0.3 is 15.2 Å². The van der Waals surface area contributed by atoms with Crippen LogP contribution in [0.2, 0.25) is 0 Å². The van der Waals surface area contributed by atoms with Crippen LogP contribution in [-0.2, 0) is 0 Å². The number of hydrazone groups is 1. The topological polar surface area (TPSA) is 85.9 Å². The number of urea groups is 1. The van der Waals surface area contributed by atoms with Crippen LogP contribution in [0.4, 0.5) is 13.6 Å². The number of methoxy groups -OCH3 is 1. The zero-order valence-corrected chi connectivity index (χ0v) is 9.39. The summed E-state index contributed by atoms with van der Waals surface area (Å²) in [5.41, 5.74) is 7.19. The highest BCUT2D eigenvalue weighted by Gasteiger charge is 2.10. The minimum Gasteiger partial charge on any atom is -0.493 e. The molecule has 1 aromatic carbocycles. The van der Waals surface area contributed by atoms with E-state index in [9.17, 15) is 13.6 Å². The molecule has 0 radical (unpaired) electrons. The van der Waals surface area contributed by atoms with Gasteiger partial charge in [-0.2, -0.15) is 13.9 Å². The minimum absolute atomic E-state index is 0.129. The Hall–Kier alpha value is -2.38. The number of amides is 2. The molecule has 0 aliphatic rings. The summed E-state index contributed by atoms with van der Waals surface area (Å²) in [6, 6.07) is 3.44. The molecule has 0 aliphatic carbocycles. The maximum absolute atomic E-state index is 12.1. The number of carbonyl (C=O) groups excluding carboxylic acids is 1. The fraction of sp³-hybridized carbons (Fsp3) is 0.200. The van der Waals surface area contributed by atoms with Gasteiger partial charge in [0, 0.05) is 0 Å². The monoisotopic (exact) mass is 259 g/mol. The number of primary amides is 1. The van der Waals surface area contributed by atoms with Gasteiger partial charge in [-0.1, -0.05) is 0 Å². The summed E-state index contributed by atoms with van der Waals surface area (Å²) < 4.78 is 33.4. The van der Waals surface area contributed by atoms with Crippen molar-refractivity contribution in [2.75, 3.05) is 7.11 Å². The maximum atomic E-state index is 12.1. The molecule has 3 N–H and O–H groups in total. The fourth-order valence-electron chi connectivity index (χ4n) is 1.13. The first-order chi connectivity index (χ1) is 8.52. The number of nitrogens with one attached hydrogen (secondary N) is 1. The number of hydrogen-bond donors (Lipinski definition) is 2. The quantitative estimate of drug-likeness (QED) is 0.617. The molecule has 0 fully saturated rings. The van der Waals surface area contributed by atoms with Crippen molar-refractivity contribution in [3.8, 4) is 11.5 Å². The van der Waals surface area contributed by atoms with E-state index in [0.29, 0.717) is 5.56 Å². The van der Waals surface area contributed by atoms with E-state index in [2.05, 4.69) is 9.84 Å². The Kier molecular flexibility index (Phi) is 4.85. The summed E-state index contributed by atoms with van der Waals surface area (Å²) in [6.07, 6.45) is 1.22. The Balaban J connectivity index is 2.88. The van der Waals surface area contributed by atoms with Crippen LogP contribution in [0.15, 0.2) is 23.3 Å². The van der Waals surface area contributed by atoms with Gasteiger partial charge in [0.05, 0.1) is 13.3 Å². The van der Waals surface area contributed by atoms with Crippen molar-refractivity contribution in [2.24, 2.45) is 10.8 Å². The molecule has 1 rings (SSSR count). The summed E-state index contributed by atoms with van der Waals surface area (Å²) in [6.45, 7) is -2.96. The SMILES string of the molecule is COc1ccc(/C=N\NC(N)=O)cc1OC(F)F. The lowest BCUT2D eigenvalue weighted by molar-refractivity contribution is -0.0512. The third-order valence-electron chi connectivity index (χ3n) is 1.79.